The smallest absolute Gasteiger partial charge is 0.200 e. The zero-order chi connectivity index (χ0) is 17.0. The molecule has 2 aliphatic heterocycles. The van der Waals surface area contributed by atoms with Crippen LogP contribution in [0.1, 0.15) is 12.8 Å². The first-order valence-electron chi connectivity index (χ1n) is 8.76. The van der Waals surface area contributed by atoms with Crippen LogP contribution in [-0.4, -0.2) is 26.2 Å². The minimum atomic E-state index is -0.501. The van der Waals surface area contributed by atoms with E-state index in [1.807, 2.05) is 12.1 Å². The van der Waals surface area contributed by atoms with Crippen molar-refractivity contribution < 1.29 is 8.81 Å². The number of benzene rings is 2. The van der Waals surface area contributed by atoms with Crippen LogP contribution in [0.2, 0.25) is 0 Å². The van der Waals surface area contributed by atoms with Gasteiger partial charge in [-0.3, -0.25) is 4.79 Å². The van der Waals surface area contributed by atoms with E-state index in [1.165, 1.54) is 25.0 Å². The lowest BCUT2D eigenvalue weighted by atomic mass is 9.86. The topological polar surface area (TPSA) is 45.5 Å². The first-order chi connectivity index (χ1) is 12.2. The number of fused-ring (bicyclic) bond motifs is 2. The number of rotatable bonds is 1. The van der Waals surface area contributed by atoms with Crippen molar-refractivity contribution in [3.63, 3.8) is 0 Å². The average Bonchev–Trinajstić information content (AvgIpc) is 3.26. The molecule has 1 aromatic heterocycles. The van der Waals surface area contributed by atoms with Gasteiger partial charge >= 0.3 is 0 Å². The highest BCUT2D eigenvalue weighted by atomic mass is 19.1. The van der Waals surface area contributed by atoms with Gasteiger partial charge in [0, 0.05) is 36.8 Å². The number of para-hydroxylation sites is 1. The first kappa shape index (κ1) is 14.9. The van der Waals surface area contributed by atoms with E-state index in [9.17, 15) is 9.18 Å². The number of anilines is 1. The maximum Gasteiger partial charge on any atom is 0.200 e. The molecule has 1 N–H and O–H groups in total. The van der Waals surface area contributed by atoms with E-state index in [1.54, 1.807) is 12.1 Å². The van der Waals surface area contributed by atoms with E-state index in [0.29, 0.717) is 16.4 Å². The van der Waals surface area contributed by atoms with Crippen molar-refractivity contribution in [2.24, 2.45) is 5.41 Å². The van der Waals surface area contributed by atoms with Gasteiger partial charge < -0.3 is 14.6 Å². The van der Waals surface area contributed by atoms with Crippen LogP contribution in [0.15, 0.2) is 45.6 Å². The SMILES string of the molecule is O=c1c2ccc(N3CCC4(CCNC4)C3)cc2oc2c(F)cccc12. The fourth-order valence-corrected chi connectivity index (χ4v) is 4.33. The molecule has 0 saturated carbocycles. The zero-order valence-electron chi connectivity index (χ0n) is 13.8. The lowest BCUT2D eigenvalue weighted by molar-refractivity contribution is 0.369. The molecule has 25 heavy (non-hydrogen) atoms. The molecular weight excluding hydrogens is 319 g/mol. The molecule has 1 atom stereocenters. The van der Waals surface area contributed by atoms with Crippen molar-refractivity contribution in [3.8, 4) is 0 Å². The van der Waals surface area contributed by atoms with Gasteiger partial charge in [0.1, 0.15) is 5.58 Å². The quantitative estimate of drug-likeness (QED) is 0.692. The van der Waals surface area contributed by atoms with Crippen molar-refractivity contribution in [3.05, 3.63) is 52.4 Å². The molecule has 1 unspecified atom stereocenters. The van der Waals surface area contributed by atoms with E-state index in [2.05, 4.69) is 10.2 Å². The zero-order valence-corrected chi connectivity index (χ0v) is 13.8. The maximum absolute atomic E-state index is 14.0. The highest BCUT2D eigenvalue weighted by Gasteiger charge is 2.40. The Morgan fingerprint density at radius 3 is 2.92 bits per heavy atom. The second kappa shape index (κ2) is 5.30. The molecule has 0 bridgehead atoms. The molecule has 3 aromatic rings. The van der Waals surface area contributed by atoms with Crippen LogP contribution in [0.3, 0.4) is 0 Å². The summed E-state index contributed by atoms with van der Waals surface area (Å²) in [6, 6.07) is 10.1. The lowest BCUT2D eigenvalue weighted by Crippen LogP contribution is -2.29. The molecule has 4 nitrogen and oxygen atoms in total. The van der Waals surface area contributed by atoms with Crippen LogP contribution in [0, 0.1) is 11.2 Å². The molecule has 2 fully saturated rings. The van der Waals surface area contributed by atoms with E-state index in [0.717, 1.165) is 31.9 Å². The summed E-state index contributed by atoms with van der Waals surface area (Å²) < 4.78 is 19.8. The van der Waals surface area contributed by atoms with Gasteiger partial charge in [-0.05, 0) is 43.7 Å². The van der Waals surface area contributed by atoms with Gasteiger partial charge in [0.15, 0.2) is 11.4 Å². The molecule has 3 heterocycles. The van der Waals surface area contributed by atoms with Gasteiger partial charge in [0.05, 0.1) is 10.8 Å². The van der Waals surface area contributed by atoms with Gasteiger partial charge in [-0.2, -0.15) is 0 Å². The second-order valence-corrected chi connectivity index (χ2v) is 7.33. The Morgan fingerprint density at radius 2 is 2.08 bits per heavy atom. The van der Waals surface area contributed by atoms with Gasteiger partial charge in [-0.25, -0.2) is 4.39 Å². The van der Waals surface area contributed by atoms with Crippen molar-refractivity contribution >= 4 is 27.6 Å². The molecule has 1 spiro atoms. The Morgan fingerprint density at radius 1 is 1.16 bits per heavy atom. The minimum absolute atomic E-state index is 0.0371. The van der Waals surface area contributed by atoms with E-state index >= 15 is 0 Å². The van der Waals surface area contributed by atoms with Gasteiger partial charge in [-0.15, -0.1) is 0 Å². The maximum atomic E-state index is 14.0. The summed E-state index contributed by atoms with van der Waals surface area (Å²) in [5.41, 5.74) is 1.71. The van der Waals surface area contributed by atoms with Crippen LogP contribution in [0.4, 0.5) is 10.1 Å². The molecule has 2 aliphatic rings. The van der Waals surface area contributed by atoms with E-state index < -0.39 is 5.82 Å². The highest BCUT2D eigenvalue weighted by Crippen LogP contribution is 2.38. The summed E-state index contributed by atoms with van der Waals surface area (Å²) in [6.45, 7) is 4.17. The fourth-order valence-electron chi connectivity index (χ4n) is 4.33. The average molecular weight is 338 g/mol. The third-order valence-corrected chi connectivity index (χ3v) is 5.77. The third-order valence-electron chi connectivity index (χ3n) is 5.77. The predicted molar refractivity (Wildman–Crippen MR) is 96.7 cm³/mol. The minimum Gasteiger partial charge on any atom is -0.453 e. The predicted octanol–water partition coefficient (Wildman–Crippen LogP) is 3.28. The number of hydrogen-bond donors (Lipinski definition) is 1. The van der Waals surface area contributed by atoms with Crippen LogP contribution in [0.5, 0.6) is 0 Å². The third kappa shape index (κ3) is 2.26. The number of nitrogens with one attached hydrogen (secondary N) is 1. The Bertz CT molecular complexity index is 1040. The van der Waals surface area contributed by atoms with Gasteiger partial charge in [-0.1, -0.05) is 6.07 Å². The first-order valence-corrected chi connectivity index (χ1v) is 8.76. The normalized spacial score (nSPS) is 23.3. The van der Waals surface area contributed by atoms with Crippen LogP contribution in [0.25, 0.3) is 21.9 Å². The monoisotopic (exact) mass is 338 g/mol. The molecule has 5 rings (SSSR count). The van der Waals surface area contributed by atoms with E-state index in [-0.39, 0.29) is 16.4 Å². The Balaban J connectivity index is 1.61. The molecule has 0 radical (unpaired) electrons. The standard InChI is InChI=1S/C20H19FN2O2/c21-16-3-1-2-15-18(24)14-5-4-13(10-17(14)25-19(15)16)23-9-7-20(12-23)6-8-22-11-20/h1-5,10,22H,6-9,11-12H2. The number of nitrogens with zero attached hydrogens (tertiary/aromatic N) is 1. The van der Waals surface area contributed by atoms with Crippen LogP contribution < -0.4 is 15.6 Å². The van der Waals surface area contributed by atoms with Crippen LogP contribution >= 0.6 is 0 Å². The molecule has 0 amide bonds. The molecule has 0 aliphatic carbocycles. The molecule has 2 aromatic carbocycles. The number of halogens is 1. The van der Waals surface area contributed by atoms with Gasteiger partial charge in [0.2, 0.25) is 5.43 Å². The van der Waals surface area contributed by atoms with Crippen LogP contribution in [-0.2, 0) is 0 Å². The molecule has 5 heteroatoms. The molecular formula is C20H19FN2O2. The fraction of sp³-hybridized carbons (Fsp3) is 0.350. The summed E-state index contributed by atoms with van der Waals surface area (Å²) in [6.07, 6.45) is 2.39. The largest absolute Gasteiger partial charge is 0.453 e. The van der Waals surface area contributed by atoms with Crippen molar-refractivity contribution in [1.82, 2.24) is 5.32 Å². The van der Waals surface area contributed by atoms with Crippen molar-refractivity contribution in [1.29, 1.82) is 0 Å². The Hall–Kier alpha value is -2.40. The van der Waals surface area contributed by atoms with Crippen molar-refractivity contribution in [2.45, 2.75) is 12.8 Å². The Kier molecular flexibility index (Phi) is 3.16. The summed E-state index contributed by atoms with van der Waals surface area (Å²) in [5, 5.41) is 4.25. The highest BCUT2D eigenvalue weighted by molar-refractivity contribution is 5.91. The Labute approximate surface area is 144 Å². The summed E-state index contributed by atoms with van der Waals surface area (Å²) in [7, 11) is 0. The lowest BCUT2D eigenvalue weighted by Gasteiger charge is -2.24. The summed E-state index contributed by atoms with van der Waals surface area (Å²) in [4.78, 5) is 15.0. The number of hydrogen-bond acceptors (Lipinski definition) is 4. The van der Waals surface area contributed by atoms with Crippen molar-refractivity contribution in [2.75, 3.05) is 31.1 Å². The van der Waals surface area contributed by atoms with Gasteiger partial charge in [0.25, 0.3) is 0 Å². The summed E-state index contributed by atoms with van der Waals surface area (Å²) >= 11 is 0. The molecule has 128 valence electrons. The molecule has 2 saturated heterocycles. The summed E-state index contributed by atoms with van der Waals surface area (Å²) in [5.74, 6) is -0.501. The second-order valence-electron chi connectivity index (χ2n) is 7.33. The van der Waals surface area contributed by atoms with E-state index in [4.69, 9.17) is 4.42 Å².